The van der Waals surface area contributed by atoms with Crippen molar-refractivity contribution in [1.29, 1.82) is 0 Å². The van der Waals surface area contributed by atoms with Gasteiger partial charge in [0.25, 0.3) is 0 Å². The van der Waals surface area contributed by atoms with Gasteiger partial charge in [-0.2, -0.15) is 0 Å². The zero-order chi connectivity index (χ0) is 12.1. The van der Waals surface area contributed by atoms with Crippen LogP contribution < -0.4 is 5.73 Å². The molecule has 90 valence electrons. The van der Waals surface area contributed by atoms with Crippen molar-refractivity contribution in [2.24, 2.45) is 5.73 Å². The van der Waals surface area contributed by atoms with Crippen LogP contribution in [0.3, 0.4) is 0 Å². The second kappa shape index (κ2) is 6.07. The SMILES string of the molecule is CC(C)N(C)C(=O)CS(=O)(=O)CCCN. The van der Waals surface area contributed by atoms with Crippen molar-refractivity contribution < 1.29 is 13.2 Å². The highest BCUT2D eigenvalue weighted by molar-refractivity contribution is 7.92. The molecule has 0 aromatic rings. The Labute approximate surface area is 91.5 Å². The molecule has 0 aliphatic carbocycles. The van der Waals surface area contributed by atoms with Crippen molar-refractivity contribution in [2.45, 2.75) is 26.3 Å². The molecular weight excluding hydrogens is 216 g/mol. The number of amides is 1. The zero-order valence-corrected chi connectivity index (χ0v) is 10.4. The molecular formula is C9H20N2O3S. The van der Waals surface area contributed by atoms with Crippen LogP contribution >= 0.6 is 0 Å². The van der Waals surface area contributed by atoms with Crippen LogP contribution in [-0.4, -0.2) is 50.4 Å². The summed E-state index contributed by atoms with van der Waals surface area (Å²) in [6.07, 6.45) is 0.404. The van der Waals surface area contributed by atoms with Crippen molar-refractivity contribution >= 4 is 15.7 Å². The molecule has 0 aromatic carbocycles. The van der Waals surface area contributed by atoms with Gasteiger partial charge in [0.05, 0.1) is 5.75 Å². The lowest BCUT2D eigenvalue weighted by molar-refractivity contribution is -0.128. The topological polar surface area (TPSA) is 80.5 Å². The van der Waals surface area contributed by atoms with Crippen LogP contribution in [-0.2, 0) is 14.6 Å². The molecule has 6 heteroatoms. The van der Waals surface area contributed by atoms with Gasteiger partial charge >= 0.3 is 0 Å². The number of hydrogen-bond acceptors (Lipinski definition) is 4. The lowest BCUT2D eigenvalue weighted by atomic mass is 10.3. The van der Waals surface area contributed by atoms with Crippen molar-refractivity contribution in [3.63, 3.8) is 0 Å². The molecule has 0 heterocycles. The predicted octanol–water partition coefficient (Wildman–Crippen LogP) is -0.383. The number of carbonyl (C=O) groups excluding carboxylic acids is 1. The minimum Gasteiger partial charge on any atom is -0.342 e. The molecule has 0 bridgehead atoms. The van der Waals surface area contributed by atoms with E-state index in [9.17, 15) is 13.2 Å². The molecule has 2 N–H and O–H groups in total. The molecule has 1 amide bonds. The summed E-state index contributed by atoms with van der Waals surface area (Å²) in [5, 5.41) is 0. The Bertz CT molecular complexity index is 298. The van der Waals surface area contributed by atoms with E-state index in [2.05, 4.69) is 0 Å². The summed E-state index contributed by atoms with van der Waals surface area (Å²) in [6, 6.07) is 0.0159. The molecule has 0 atom stereocenters. The lowest BCUT2D eigenvalue weighted by Crippen LogP contribution is -2.37. The molecule has 0 radical (unpaired) electrons. The van der Waals surface area contributed by atoms with E-state index in [1.807, 2.05) is 13.8 Å². The van der Waals surface area contributed by atoms with Gasteiger partial charge in [0, 0.05) is 13.1 Å². The molecule has 0 saturated heterocycles. The van der Waals surface area contributed by atoms with Gasteiger partial charge in [0.2, 0.25) is 5.91 Å². The first kappa shape index (κ1) is 14.4. The number of rotatable bonds is 6. The van der Waals surface area contributed by atoms with Crippen LogP contribution in [0.4, 0.5) is 0 Å². The minimum absolute atomic E-state index is 0.0127. The maximum absolute atomic E-state index is 11.5. The Kier molecular flexibility index (Phi) is 5.82. The van der Waals surface area contributed by atoms with E-state index < -0.39 is 15.6 Å². The van der Waals surface area contributed by atoms with Crippen LogP contribution in [0.1, 0.15) is 20.3 Å². The number of hydrogen-bond donors (Lipinski definition) is 1. The first-order valence-corrected chi connectivity index (χ1v) is 6.78. The monoisotopic (exact) mass is 236 g/mol. The quantitative estimate of drug-likeness (QED) is 0.681. The van der Waals surface area contributed by atoms with E-state index in [-0.39, 0.29) is 17.7 Å². The summed E-state index contributed by atoms with van der Waals surface area (Å²) in [5.74, 6) is -0.787. The molecule has 0 fully saturated rings. The standard InChI is InChI=1S/C9H20N2O3S/c1-8(2)11(3)9(12)7-15(13,14)6-4-5-10/h8H,4-7,10H2,1-3H3. The van der Waals surface area contributed by atoms with E-state index in [0.29, 0.717) is 13.0 Å². The summed E-state index contributed by atoms with van der Waals surface area (Å²) in [5.41, 5.74) is 5.21. The Morgan fingerprint density at radius 2 is 1.93 bits per heavy atom. The second-order valence-electron chi connectivity index (χ2n) is 3.83. The van der Waals surface area contributed by atoms with Gasteiger partial charge in [-0.25, -0.2) is 8.42 Å². The molecule has 0 unspecified atom stereocenters. The predicted molar refractivity (Wildman–Crippen MR) is 60.2 cm³/mol. The van der Waals surface area contributed by atoms with Crippen molar-refractivity contribution in [2.75, 3.05) is 25.1 Å². The molecule has 0 aliphatic heterocycles. The normalized spacial score (nSPS) is 11.8. The Morgan fingerprint density at radius 1 is 1.40 bits per heavy atom. The van der Waals surface area contributed by atoms with Crippen LogP contribution in [0.5, 0.6) is 0 Å². The highest BCUT2D eigenvalue weighted by atomic mass is 32.2. The smallest absolute Gasteiger partial charge is 0.237 e. The highest BCUT2D eigenvalue weighted by Gasteiger charge is 2.20. The fraction of sp³-hybridized carbons (Fsp3) is 0.889. The van der Waals surface area contributed by atoms with Gasteiger partial charge < -0.3 is 10.6 Å². The van der Waals surface area contributed by atoms with Gasteiger partial charge in [0.1, 0.15) is 5.75 Å². The van der Waals surface area contributed by atoms with Gasteiger partial charge in [-0.1, -0.05) is 0 Å². The van der Waals surface area contributed by atoms with E-state index in [0.717, 1.165) is 0 Å². The fourth-order valence-corrected chi connectivity index (χ4v) is 2.28. The second-order valence-corrected chi connectivity index (χ2v) is 6.02. The van der Waals surface area contributed by atoms with Crippen LogP contribution in [0, 0.1) is 0 Å². The maximum Gasteiger partial charge on any atom is 0.237 e. The minimum atomic E-state index is -3.29. The number of carbonyl (C=O) groups is 1. The third-order valence-electron chi connectivity index (χ3n) is 2.17. The van der Waals surface area contributed by atoms with E-state index in [1.165, 1.54) is 4.90 Å². The average Bonchev–Trinajstić information content (AvgIpc) is 2.12. The van der Waals surface area contributed by atoms with Crippen molar-refractivity contribution in [3.05, 3.63) is 0 Å². The van der Waals surface area contributed by atoms with E-state index >= 15 is 0 Å². The van der Waals surface area contributed by atoms with E-state index in [4.69, 9.17) is 5.73 Å². The van der Waals surface area contributed by atoms with Crippen molar-refractivity contribution in [1.82, 2.24) is 4.90 Å². The van der Waals surface area contributed by atoms with Gasteiger partial charge in [-0.05, 0) is 26.8 Å². The first-order chi connectivity index (χ1) is 6.80. The maximum atomic E-state index is 11.5. The third kappa shape index (κ3) is 5.74. The van der Waals surface area contributed by atoms with Crippen molar-refractivity contribution in [3.8, 4) is 0 Å². The molecule has 0 aliphatic rings. The zero-order valence-electron chi connectivity index (χ0n) is 9.56. The molecule has 0 rings (SSSR count). The fourth-order valence-electron chi connectivity index (χ4n) is 0.953. The molecule has 0 aromatic heterocycles. The Balaban J connectivity index is 4.28. The average molecular weight is 236 g/mol. The number of nitrogens with two attached hydrogens (primary N) is 1. The van der Waals surface area contributed by atoms with Crippen LogP contribution in [0.15, 0.2) is 0 Å². The van der Waals surface area contributed by atoms with Crippen LogP contribution in [0.2, 0.25) is 0 Å². The molecule has 5 nitrogen and oxygen atoms in total. The largest absolute Gasteiger partial charge is 0.342 e. The Morgan fingerprint density at radius 3 is 2.33 bits per heavy atom. The van der Waals surface area contributed by atoms with Crippen LogP contribution in [0.25, 0.3) is 0 Å². The molecule has 0 spiro atoms. The first-order valence-electron chi connectivity index (χ1n) is 4.96. The Hall–Kier alpha value is -0.620. The summed E-state index contributed by atoms with van der Waals surface area (Å²) >= 11 is 0. The summed E-state index contributed by atoms with van der Waals surface area (Å²) in [7, 11) is -1.69. The lowest BCUT2D eigenvalue weighted by Gasteiger charge is -2.21. The molecule has 15 heavy (non-hydrogen) atoms. The number of sulfone groups is 1. The summed E-state index contributed by atoms with van der Waals surface area (Å²) in [6.45, 7) is 4.00. The van der Waals surface area contributed by atoms with E-state index in [1.54, 1.807) is 7.05 Å². The number of nitrogens with zero attached hydrogens (tertiary/aromatic N) is 1. The molecule has 0 saturated carbocycles. The van der Waals surface area contributed by atoms with Gasteiger partial charge in [-0.3, -0.25) is 4.79 Å². The van der Waals surface area contributed by atoms with Gasteiger partial charge in [-0.15, -0.1) is 0 Å². The summed E-state index contributed by atoms with van der Waals surface area (Å²) in [4.78, 5) is 12.9. The highest BCUT2D eigenvalue weighted by Crippen LogP contribution is 2.00. The van der Waals surface area contributed by atoms with Gasteiger partial charge in [0.15, 0.2) is 9.84 Å². The summed E-state index contributed by atoms with van der Waals surface area (Å²) < 4.78 is 22.8. The third-order valence-corrected chi connectivity index (χ3v) is 3.77.